The molecule has 0 amide bonds. The van der Waals surface area contributed by atoms with Gasteiger partial charge in [0.05, 0.1) is 13.7 Å². The summed E-state index contributed by atoms with van der Waals surface area (Å²) in [5.41, 5.74) is 1.10. The van der Waals surface area contributed by atoms with Crippen molar-refractivity contribution in [2.24, 2.45) is 4.99 Å². The predicted octanol–water partition coefficient (Wildman–Crippen LogP) is 2.73. The van der Waals surface area contributed by atoms with Gasteiger partial charge in [-0.15, -0.1) is 0 Å². The highest BCUT2D eigenvalue weighted by molar-refractivity contribution is 5.80. The molecule has 2 rings (SSSR count). The summed E-state index contributed by atoms with van der Waals surface area (Å²) >= 11 is 0. The third-order valence-electron chi connectivity index (χ3n) is 4.26. The molecule has 0 aromatic heterocycles. The summed E-state index contributed by atoms with van der Waals surface area (Å²) in [7, 11) is 3.55. The lowest BCUT2D eigenvalue weighted by Crippen LogP contribution is -2.45. The van der Waals surface area contributed by atoms with E-state index in [0.29, 0.717) is 38.6 Å². The molecule has 1 aromatic rings. The third kappa shape index (κ3) is 6.40. The van der Waals surface area contributed by atoms with Crippen LogP contribution in [0, 0.1) is 0 Å². The second kappa shape index (κ2) is 9.12. The van der Waals surface area contributed by atoms with Gasteiger partial charge in [-0.05, 0) is 31.0 Å². The van der Waals surface area contributed by atoms with E-state index in [0.717, 1.165) is 11.3 Å². The third-order valence-corrected chi connectivity index (χ3v) is 4.26. The van der Waals surface area contributed by atoms with Crippen LogP contribution in [0.5, 0.6) is 5.75 Å². The number of rotatable bonds is 6. The number of alkyl halides is 3. The monoisotopic (exact) mass is 372 g/mol. The Labute approximate surface area is 152 Å². The van der Waals surface area contributed by atoms with Crippen molar-refractivity contribution in [2.45, 2.75) is 32.1 Å². The maximum Gasteiger partial charge on any atom is 0.401 e. The van der Waals surface area contributed by atoms with Crippen LogP contribution in [0.3, 0.4) is 0 Å². The Morgan fingerprint density at radius 1 is 1.35 bits per heavy atom. The summed E-state index contributed by atoms with van der Waals surface area (Å²) in [5, 5.41) is 3.32. The second-order valence-electron chi connectivity index (χ2n) is 6.48. The zero-order chi connectivity index (χ0) is 19.2. The van der Waals surface area contributed by atoms with Crippen LogP contribution < -0.4 is 10.1 Å². The molecule has 0 bridgehead atoms. The van der Waals surface area contributed by atoms with Gasteiger partial charge in [-0.25, -0.2) is 0 Å². The highest BCUT2D eigenvalue weighted by Gasteiger charge is 2.34. The van der Waals surface area contributed by atoms with Gasteiger partial charge in [-0.2, -0.15) is 13.2 Å². The molecule has 1 saturated heterocycles. The Balaban J connectivity index is 1.92. The minimum atomic E-state index is -4.15. The lowest BCUT2D eigenvalue weighted by Gasteiger charge is -2.26. The fourth-order valence-electron chi connectivity index (χ4n) is 3.04. The number of benzene rings is 1. The highest BCUT2D eigenvalue weighted by Crippen LogP contribution is 2.20. The Morgan fingerprint density at radius 2 is 2.04 bits per heavy atom. The predicted molar refractivity (Wildman–Crippen MR) is 96.5 cm³/mol. The molecule has 1 aliphatic heterocycles. The average Bonchev–Trinajstić information content (AvgIpc) is 3.00. The van der Waals surface area contributed by atoms with Crippen LogP contribution in [0.25, 0.3) is 0 Å². The first-order valence-electron chi connectivity index (χ1n) is 8.75. The largest absolute Gasteiger partial charge is 0.497 e. The van der Waals surface area contributed by atoms with Crippen LogP contribution >= 0.6 is 0 Å². The Morgan fingerprint density at radius 3 is 2.62 bits per heavy atom. The first-order chi connectivity index (χ1) is 12.3. The fraction of sp³-hybridized carbons (Fsp3) is 0.611. The van der Waals surface area contributed by atoms with Crippen molar-refractivity contribution in [3.63, 3.8) is 0 Å². The quantitative estimate of drug-likeness (QED) is 0.616. The molecule has 0 aliphatic carbocycles. The first-order valence-corrected chi connectivity index (χ1v) is 8.75. The van der Waals surface area contributed by atoms with Crippen molar-refractivity contribution in [2.75, 3.05) is 40.3 Å². The fourth-order valence-corrected chi connectivity index (χ4v) is 3.04. The van der Waals surface area contributed by atoms with E-state index in [9.17, 15) is 13.2 Å². The molecular formula is C18H27F3N4O. The van der Waals surface area contributed by atoms with E-state index in [2.05, 4.69) is 10.3 Å². The van der Waals surface area contributed by atoms with Gasteiger partial charge in [0.1, 0.15) is 5.75 Å². The van der Waals surface area contributed by atoms with E-state index in [4.69, 9.17) is 4.74 Å². The van der Waals surface area contributed by atoms with Crippen molar-refractivity contribution in [1.82, 2.24) is 15.1 Å². The Kier molecular flexibility index (Phi) is 7.14. The molecule has 0 radical (unpaired) electrons. The summed E-state index contributed by atoms with van der Waals surface area (Å²) in [6, 6.07) is 7.75. The highest BCUT2D eigenvalue weighted by atomic mass is 19.4. The molecule has 8 heteroatoms. The first kappa shape index (κ1) is 20.4. The molecule has 1 aliphatic rings. The van der Waals surface area contributed by atoms with Gasteiger partial charge in [-0.3, -0.25) is 9.89 Å². The summed E-state index contributed by atoms with van der Waals surface area (Å²) in [6.07, 6.45) is -3.48. The summed E-state index contributed by atoms with van der Waals surface area (Å²) in [6.45, 7) is 3.15. The zero-order valence-electron chi connectivity index (χ0n) is 15.5. The lowest BCUT2D eigenvalue weighted by molar-refractivity contribution is -0.143. The number of hydrogen-bond donors (Lipinski definition) is 1. The molecule has 0 saturated carbocycles. The Hall–Kier alpha value is -1.96. The average molecular weight is 372 g/mol. The van der Waals surface area contributed by atoms with Gasteiger partial charge >= 0.3 is 6.18 Å². The minimum absolute atomic E-state index is 0.0269. The number of hydrogen-bond acceptors (Lipinski definition) is 3. The molecular weight excluding hydrogens is 345 g/mol. The van der Waals surface area contributed by atoms with Gasteiger partial charge in [0.25, 0.3) is 0 Å². The number of likely N-dealkylation sites (tertiary alicyclic amines) is 1. The van der Waals surface area contributed by atoms with Crippen molar-refractivity contribution in [3.8, 4) is 5.75 Å². The van der Waals surface area contributed by atoms with Crippen LogP contribution in [-0.4, -0.2) is 68.3 Å². The molecule has 1 heterocycles. The molecule has 5 nitrogen and oxygen atoms in total. The number of methoxy groups -OCH3 is 1. The maximum atomic E-state index is 12.5. The lowest BCUT2D eigenvalue weighted by atomic mass is 10.2. The van der Waals surface area contributed by atoms with Crippen molar-refractivity contribution >= 4 is 5.96 Å². The maximum absolute atomic E-state index is 12.5. The topological polar surface area (TPSA) is 40.1 Å². The number of nitrogens with zero attached hydrogens (tertiary/aromatic N) is 3. The van der Waals surface area contributed by atoms with E-state index in [1.165, 1.54) is 4.90 Å². The van der Waals surface area contributed by atoms with Gasteiger partial charge < -0.3 is 15.0 Å². The van der Waals surface area contributed by atoms with Crippen LogP contribution in [0.1, 0.15) is 18.9 Å². The SMILES string of the molecule is CCN=C(NC1CCN(CC(F)(F)F)C1)N(C)Cc1ccc(OC)cc1. The molecule has 1 unspecified atom stereocenters. The van der Waals surface area contributed by atoms with Crippen LogP contribution in [-0.2, 0) is 6.54 Å². The van der Waals surface area contributed by atoms with Gasteiger partial charge in [-0.1, -0.05) is 12.1 Å². The number of halogens is 3. The van der Waals surface area contributed by atoms with E-state index in [1.54, 1.807) is 7.11 Å². The summed E-state index contributed by atoms with van der Waals surface area (Å²) in [4.78, 5) is 7.90. The molecule has 1 atom stereocenters. The smallest absolute Gasteiger partial charge is 0.401 e. The number of ether oxygens (including phenoxy) is 1. The standard InChI is InChI=1S/C18H27F3N4O/c1-4-22-17(23-15-9-10-25(12-15)13-18(19,20)21)24(2)11-14-5-7-16(26-3)8-6-14/h5-8,15H,4,9-13H2,1-3H3,(H,22,23). The van der Waals surface area contributed by atoms with Gasteiger partial charge in [0.2, 0.25) is 0 Å². The van der Waals surface area contributed by atoms with Crippen molar-refractivity contribution in [1.29, 1.82) is 0 Å². The molecule has 146 valence electrons. The summed E-state index contributed by atoms with van der Waals surface area (Å²) < 4.78 is 42.8. The van der Waals surface area contributed by atoms with E-state index in [1.807, 2.05) is 43.1 Å². The number of guanidine groups is 1. The molecule has 26 heavy (non-hydrogen) atoms. The minimum Gasteiger partial charge on any atom is -0.497 e. The van der Waals surface area contributed by atoms with Gasteiger partial charge in [0.15, 0.2) is 5.96 Å². The summed E-state index contributed by atoms with van der Waals surface area (Å²) in [5.74, 6) is 1.51. The van der Waals surface area contributed by atoms with E-state index >= 15 is 0 Å². The van der Waals surface area contributed by atoms with E-state index < -0.39 is 12.7 Å². The van der Waals surface area contributed by atoms with Crippen molar-refractivity contribution in [3.05, 3.63) is 29.8 Å². The molecule has 0 spiro atoms. The number of aliphatic imine (C=N–C) groups is 1. The van der Waals surface area contributed by atoms with Crippen LogP contribution in [0.2, 0.25) is 0 Å². The van der Waals surface area contributed by atoms with Gasteiger partial charge in [0, 0.05) is 39.3 Å². The second-order valence-corrected chi connectivity index (χ2v) is 6.48. The normalized spacial score (nSPS) is 18.8. The van der Waals surface area contributed by atoms with E-state index in [-0.39, 0.29) is 6.04 Å². The van der Waals surface area contributed by atoms with Crippen LogP contribution in [0.4, 0.5) is 13.2 Å². The molecule has 1 N–H and O–H groups in total. The molecule has 1 fully saturated rings. The van der Waals surface area contributed by atoms with Crippen LogP contribution in [0.15, 0.2) is 29.3 Å². The Bertz CT molecular complexity index is 589. The molecule has 1 aromatic carbocycles. The number of nitrogens with one attached hydrogen (secondary N) is 1. The van der Waals surface area contributed by atoms with Crippen molar-refractivity contribution < 1.29 is 17.9 Å². The zero-order valence-corrected chi connectivity index (χ0v) is 15.5.